The largest absolute Gasteiger partial charge is 0.480 e. The van der Waals surface area contributed by atoms with Gasteiger partial charge in [0, 0.05) is 22.6 Å². The Balaban J connectivity index is 2.27. The topological polar surface area (TPSA) is 138 Å². The van der Waals surface area contributed by atoms with Crippen LogP contribution in [-0.4, -0.2) is 62.5 Å². The van der Waals surface area contributed by atoms with E-state index in [2.05, 4.69) is 0 Å². The van der Waals surface area contributed by atoms with Crippen LogP contribution in [-0.2, 0) is 9.59 Å². The van der Waals surface area contributed by atoms with Crippen LogP contribution in [0.25, 0.3) is 0 Å². The minimum absolute atomic E-state index is 0.0472. The van der Waals surface area contributed by atoms with Crippen LogP contribution in [0, 0.1) is 0 Å². The molecular formula is C20H20N2O6S2. The molecule has 0 radical (unpaired) electrons. The maximum Gasteiger partial charge on any atom is 0.327 e. The van der Waals surface area contributed by atoms with Crippen LogP contribution in [0.2, 0.25) is 0 Å². The molecule has 0 heterocycles. The third kappa shape index (κ3) is 6.34. The highest BCUT2D eigenvalue weighted by Gasteiger charge is 2.36. The minimum Gasteiger partial charge on any atom is -0.480 e. The monoisotopic (exact) mass is 448 g/mol. The zero-order valence-electron chi connectivity index (χ0n) is 15.7. The molecular weight excluding hydrogens is 428 g/mol. The van der Waals surface area contributed by atoms with E-state index in [9.17, 15) is 24.3 Å². The normalized spacial score (nSPS) is 12.6. The zero-order valence-corrected chi connectivity index (χ0v) is 17.3. The van der Waals surface area contributed by atoms with E-state index in [1.807, 2.05) is 0 Å². The first-order chi connectivity index (χ1) is 14.3. The second-order valence-corrected chi connectivity index (χ2v) is 8.63. The number of aliphatic carboxylic acids is 2. The highest BCUT2D eigenvalue weighted by Crippen LogP contribution is 2.26. The first kappa shape index (κ1) is 23.5. The molecule has 0 saturated carbocycles. The number of hydrogen-bond donors (Lipinski definition) is 3. The molecule has 158 valence electrons. The SMILES string of the molecule is N[C@@H](CSSC[C@@H](C(=O)O)N(C(=O)c1ccccc1)C(=O)c1ccccc1)C(=O)O. The third-order valence-electron chi connectivity index (χ3n) is 3.95. The van der Waals surface area contributed by atoms with E-state index in [0.717, 1.165) is 26.5 Å². The van der Waals surface area contributed by atoms with E-state index in [1.54, 1.807) is 36.4 Å². The van der Waals surface area contributed by atoms with Crippen molar-refractivity contribution < 1.29 is 29.4 Å². The molecule has 2 aromatic rings. The van der Waals surface area contributed by atoms with Crippen molar-refractivity contribution in [1.82, 2.24) is 4.90 Å². The Morgan fingerprint density at radius 2 is 1.20 bits per heavy atom. The minimum atomic E-state index is -1.45. The average molecular weight is 449 g/mol. The number of hydrogen-bond acceptors (Lipinski definition) is 7. The third-order valence-corrected chi connectivity index (χ3v) is 6.38. The summed E-state index contributed by atoms with van der Waals surface area (Å²) in [5, 5.41) is 18.6. The first-order valence-electron chi connectivity index (χ1n) is 8.76. The maximum atomic E-state index is 13.1. The number of amides is 2. The molecule has 2 aromatic carbocycles. The van der Waals surface area contributed by atoms with Crippen molar-refractivity contribution in [1.29, 1.82) is 0 Å². The quantitative estimate of drug-likeness (QED) is 0.284. The molecule has 0 bridgehead atoms. The number of benzene rings is 2. The van der Waals surface area contributed by atoms with E-state index in [1.165, 1.54) is 24.3 Å². The zero-order chi connectivity index (χ0) is 22.1. The predicted octanol–water partition coefficient (Wildman–Crippen LogP) is 2.22. The molecule has 30 heavy (non-hydrogen) atoms. The molecule has 0 unspecified atom stereocenters. The molecule has 0 aliphatic carbocycles. The predicted molar refractivity (Wildman–Crippen MR) is 115 cm³/mol. The number of carboxylic acids is 2. The lowest BCUT2D eigenvalue weighted by Gasteiger charge is -2.27. The molecule has 0 aliphatic heterocycles. The lowest BCUT2D eigenvalue weighted by molar-refractivity contribution is -0.141. The fourth-order valence-corrected chi connectivity index (χ4v) is 4.68. The molecule has 2 amide bonds. The number of carbonyl (C=O) groups excluding carboxylic acids is 2. The van der Waals surface area contributed by atoms with Crippen molar-refractivity contribution in [2.45, 2.75) is 12.1 Å². The number of imide groups is 1. The van der Waals surface area contributed by atoms with Gasteiger partial charge in [-0.3, -0.25) is 19.3 Å². The summed E-state index contributed by atoms with van der Waals surface area (Å²) in [6.45, 7) is 0. The maximum absolute atomic E-state index is 13.1. The molecule has 0 saturated heterocycles. The van der Waals surface area contributed by atoms with Crippen molar-refractivity contribution >= 4 is 45.3 Å². The Morgan fingerprint density at radius 3 is 1.60 bits per heavy atom. The second kappa shape index (κ2) is 11.4. The van der Waals surface area contributed by atoms with Crippen molar-refractivity contribution in [2.75, 3.05) is 11.5 Å². The summed E-state index contributed by atoms with van der Waals surface area (Å²) in [6.07, 6.45) is 0. The van der Waals surface area contributed by atoms with Crippen LogP contribution in [0.3, 0.4) is 0 Å². The lowest BCUT2D eigenvalue weighted by atomic mass is 10.1. The fourth-order valence-electron chi connectivity index (χ4n) is 2.38. The van der Waals surface area contributed by atoms with Gasteiger partial charge in [0.05, 0.1) is 0 Å². The summed E-state index contributed by atoms with van der Waals surface area (Å²) >= 11 is 0. The molecule has 10 heteroatoms. The number of carboxylic acid groups (broad SMARTS) is 2. The molecule has 0 fully saturated rings. The van der Waals surface area contributed by atoms with Gasteiger partial charge in [0.25, 0.3) is 11.8 Å². The second-order valence-electron chi connectivity index (χ2n) is 6.08. The van der Waals surface area contributed by atoms with Crippen molar-refractivity contribution in [2.24, 2.45) is 5.73 Å². The molecule has 8 nitrogen and oxygen atoms in total. The van der Waals surface area contributed by atoms with Gasteiger partial charge in [0.1, 0.15) is 12.1 Å². The van der Waals surface area contributed by atoms with E-state index in [0.29, 0.717) is 0 Å². The Kier molecular flexibility index (Phi) is 8.90. The van der Waals surface area contributed by atoms with Gasteiger partial charge in [-0.2, -0.15) is 0 Å². The highest BCUT2D eigenvalue weighted by molar-refractivity contribution is 8.76. The van der Waals surface area contributed by atoms with Gasteiger partial charge in [0.2, 0.25) is 0 Å². The van der Waals surface area contributed by atoms with Crippen LogP contribution in [0.15, 0.2) is 60.7 Å². The Labute approximate surface area is 180 Å². The number of carbonyl (C=O) groups is 4. The summed E-state index contributed by atoms with van der Waals surface area (Å²) in [6, 6.07) is 13.3. The highest BCUT2D eigenvalue weighted by atomic mass is 33.1. The molecule has 2 rings (SSSR count). The number of nitrogens with two attached hydrogens (primary N) is 1. The summed E-state index contributed by atoms with van der Waals surface area (Å²) in [7, 11) is 2.10. The van der Waals surface area contributed by atoms with Crippen LogP contribution in [0.4, 0.5) is 0 Å². The van der Waals surface area contributed by atoms with Crippen molar-refractivity contribution in [3.8, 4) is 0 Å². The van der Waals surface area contributed by atoms with E-state index in [-0.39, 0.29) is 22.6 Å². The van der Waals surface area contributed by atoms with Gasteiger partial charge in [-0.1, -0.05) is 58.0 Å². The molecule has 4 N–H and O–H groups in total. The van der Waals surface area contributed by atoms with Gasteiger partial charge < -0.3 is 15.9 Å². The van der Waals surface area contributed by atoms with Crippen LogP contribution < -0.4 is 5.73 Å². The fraction of sp³-hybridized carbons (Fsp3) is 0.200. The summed E-state index contributed by atoms with van der Waals surface area (Å²) in [5.74, 6) is -4.07. The Hall–Kier alpha value is -2.82. The van der Waals surface area contributed by atoms with E-state index >= 15 is 0 Å². The summed E-state index contributed by atoms with van der Waals surface area (Å²) in [4.78, 5) is 49.6. The van der Waals surface area contributed by atoms with Crippen LogP contribution in [0.1, 0.15) is 20.7 Å². The smallest absolute Gasteiger partial charge is 0.327 e. The van der Waals surface area contributed by atoms with Gasteiger partial charge in [-0.25, -0.2) is 4.79 Å². The molecule has 2 atom stereocenters. The first-order valence-corrected chi connectivity index (χ1v) is 11.2. The summed E-state index contributed by atoms with van der Waals surface area (Å²) < 4.78 is 0. The van der Waals surface area contributed by atoms with Gasteiger partial charge in [-0.05, 0) is 24.3 Å². The average Bonchev–Trinajstić information content (AvgIpc) is 2.75. The van der Waals surface area contributed by atoms with Crippen LogP contribution in [0.5, 0.6) is 0 Å². The van der Waals surface area contributed by atoms with Crippen molar-refractivity contribution in [3.63, 3.8) is 0 Å². The Bertz CT molecular complexity index is 843. The van der Waals surface area contributed by atoms with Gasteiger partial charge in [-0.15, -0.1) is 0 Å². The lowest BCUT2D eigenvalue weighted by Crippen LogP contribution is -2.50. The number of nitrogens with zero attached hydrogens (tertiary/aromatic N) is 1. The van der Waals surface area contributed by atoms with Crippen LogP contribution >= 0.6 is 21.6 Å². The molecule has 0 spiro atoms. The molecule has 0 aromatic heterocycles. The van der Waals surface area contributed by atoms with E-state index < -0.39 is 35.8 Å². The van der Waals surface area contributed by atoms with Gasteiger partial charge >= 0.3 is 11.9 Å². The van der Waals surface area contributed by atoms with E-state index in [4.69, 9.17) is 10.8 Å². The number of rotatable bonds is 10. The summed E-state index contributed by atoms with van der Waals surface area (Å²) in [5.41, 5.74) is 5.79. The molecule has 0 aliphatic rings. The standard InChI is InChI=1S/C20H20N2O6S2/c21-15(19(25)26)11-29-30-12-16(20(27)28)22(17(23)13-7-3-1-4-8-13)18(24)14-9-5-2-6-10-14/h1-10,15-16H,11-12,21H2,(H,25,26)(H,27,28)/t15-,16-/m0/s1. The van der Waals surface area contributed by atoms with Crippen molar-refractivity contribution in [3.05, 3.63) is 71.8 Å². The van der Waals surface area contributed by atoms with Gasteiger partial charge in [0.15, 0.2) is 0 Å². The Morgan fingerprint density at radius 1 is 0.767 bits per heavy atom.